The van der Waals surface area contributed by atoms with Gasteiger partial charge in [-0.3, -0.25) is 0 Å². The molecular weight excluding hydrogens is 197 g/mol. The van der Waals surface area contributed by atoms with E-state index in [1.54, 1.807) is 0 Å². The number of ether oxygens (including phenoxy) is 1. The SMILES string of the molecule is COc1cc2nc(CC#N)[nH]c2cc1F. The van der Waals surface area contributed by atoms with Gasteiger partial charge < -0.3 is 9.72 Å². The van der Waals surface area contributed by atoms with E-state index in [-0.39, 0.29) is 12.2 Å². The van der Waals surface area contributed by atoms with Gasteiger partial charge >= 0.3 is 0 Å². The molecule has 0 saturated heterocycles. The number of nitrogens with one attached hydrogen (secondary N) is 1. The lowest BCUT2D eigenvalue weighted by molar-refractivity contribution is 0.387. The van der Waals surface area contributed by atoms with Crippen LogP contribution in [0.5, 0.6) is 5.75 Å². The van der Waals surface area contributed by atoms with Crippen LogP contribution in [-0.2, 0) is 6.42 Å². The Morgan fingerprint density at radius 3 is 3.07 bits per heavy atom. The fourth-order valence-electron chi connectivity index (χ4n) is 1.38. The maximum atomic E-state index is 13.3. The Kier molecular flexibility index (Phi) is 2.26. The first-order valence-electron chi connectivity index (χ1n) is 4.33. The molecule has 2 aromatic rings. The second kappa shape index (κ2) is 3.58. The van der Waals surface area contributed by atoms with E-state index < -0.39 is 5.82 Å². The van der Waals surface area contributed by atoms with Crippen molar-refractivity contribution in [3.63, 3.8) is 0 Å². The predicted molar refractivity (Wildman–Crippen MR) is 51.9 cm³/mol. The minimum Gasteiger partial charge on any atom is -0.494 e. The first-order valence-corrected chi connectivity index (χ1v) is 4.33. The van der Waals surface area contributed by atoms with E-state index in [9.17, 15) is 4.39 Å². The molecule has 15 heavy (non-hydrogen) atoms. The minimum atomic E-state index is -0.447. The van der Waals surface area contributed by atoms with Gasteiger partial charge in [-0.25, -0.2) is 9.37 Å². The third-order valence-corrected chi connectivity index (χ3v) is 2.05. The standard InChI is InChI=1S/C10H8FN3O/c1-15-9-5-8-7(4-6(9)11)13-10(14-8)2-3-12/h4-5H,2H2,1H3,(H,13,14). The number of halogens is 1. The predicted octanol–water partition coefficient (Wildman–Crippen LogP) is 1.78. The van der Waals surface area contributed by atoms with Gasteiger partial charge in [0.15, 0.2) is 11.6 Å². The van der Waals surface area contributed by atoms with Crippen molar-refractivity contribution >= 4 is 11.0 Å². The molecule has 1 heterocycles. The van der Waals surface area contributed by atoms with E-state index in [1.807, 2.05) is 6.07 Å². The van der Waals surface area contributed by atoms with E-state index in [4.69, 9.17) is 10.00 Å². The van der Waals surface area contributed by atoms with Gasteiger partial charge in [0.1, 0.15) is 5.82 Å². The zero-order chi connectivity index (χ0) is 10.8. The Bertz CT molecular complexity index is 541. The average molecular weight is 205 g/mol. The molecule has 0 spiro atoms. The summed E-state index contributed by atoms with van der Waals surface area (Å²) in [7, 11) is 1.40. The van der Waals surface area contributed by atoms with Crippen molar-refractivity contribution in [2.24, 2.45) is 0 Å². The molecule has 2 rings (SSSR count). The largest absolute Gasteiger partial charge is 0.494 e. The summed E-state index contributed by atoms with van der Waals surface area (Å²) in [6.07, 6.45) is 0.179. The van der Waals surface area contributed by atoms with Crippen LogP contribution in [0, 0.1) is 17.1 Å². The van der Waals surface area contributed by atoms with Crippen molar-refractivity contribution in [3.8, 4) is 11.8 Å². The smallest absolute Gasteiger partial charge is 0.167 e. The van der Waals surface area contributed by atoms with Crippen molar-refractivity contribution in [1.82, 2.24) is 9.97 Å². The maximum Gasteiger partial charge on any atom is 0.167 e. The molecule has 76 valence electrons. The Morgan fingerprint density at radius 2 is 2.40 bits per heavy atom. The number of aromatic amines is 1. The number of methoxy groups -OCH3 is 1. The molecule has 0 unspecified atom stereocenters. The van der Waals surface area contributed by atoms with Crippen molar-refractivity contribution in [2.75, 3.05) is 7.11 Å². The Balaban J connectivity index is 2.57. The highest BCUT2D eigenvalue weighted by Crippen LogP contribution is 2.22. The van der Waals surface area contributed by atoms with Crippen molar-refractivity contribution < 1.29 is 9.13 Å². The van der Waals surface area contributed by atoms with Gasteiger partial charge in [-0.1, -0.05) is 0 Å². The second-order valence-electron chi connectivity index (χ2n) is 3.02. The highest BCUT2D eigenvalue weighted by molar-refractivity contribution is 5.77. The van der Waals surface area contributed by atoms with Crippen molar-refractivity contribution in [3.05, 3.63) is 23.8 Å². The van der Waals surface area contributed by atoms with Gasteiger partial charge in [0.05, 0.1) is 30.6 Å². The summed E-state index contributed by atoms with van der Waals surface area (Å²) in [5.41, 5.74) is 1.16. The van der Waals surface area contributed by atoms with E-state index in [0.717, 1.165) is 0 Å². The number of hydrogen-bond acceptors (Lipinski definition) is 3. The molecule has 0 bridgehead atoms. The quantitative estimate of drug-likeness (QED) is 0.812. The summed E-state index contributed by atoms with van der Waals surface area (Å²) in [6.45, 7) is 0. The van der Waals surface area contributed by atoms with Crippen molar-refractivity contribution in [1.29, 1.82) is 5.26 Å². The minimum absolute atomic E-state index is 0.150. The fraction of sp³-hybridized carbons (Fsp3) is 0.200. The second-order valence-corrected chi connectivity index (χ2v) is 3.02. The normalized spacial score (nSPS) is 10.2. The molecule has 0 saturated carbocycles. The lowest BCUT2D eigenvalue weighted by atomic mass is 10.3. The molecule has 5 heteroatoms. The third-order valence-electron chi connectivity index (χ3n) is 2.05. The first-order chi connectivity index (χ1) is 7.24. The molecule has 4 nitrogen and oxygen atoms in total. The number of hydrogen-bond donors (Lipinski definition) is 1. The number of nitriles is 1. The molecule has 1 aromatic heterocycles. The Morgan fingerprint density at radius 1 is 1.60 bits per heavy atom. The number of H-pyrrole nitrogens is 1. The van der Waals surface area contributed by atoms with E-state index in [1.165, 1.54) is 19.2 Å². The molecule has 0 aliphatic heterocycles. The molecule has 1 aromatic carbocycles. The van der Waals surface area contributed by atoms with Gasteiger partial charge in [0, 0.05) is 12.1 Å². The maximum absolute atomic E-state index is 13.3. The summed E-state index contributed by atoms with van der Waals surface area (Å²) in [5.74, 6) is 0.231. The lowest BCUT2D eigenvalue weighted by Crippen LogP contribution is -1.87. The van der Waals surface area contributed by atoms with Crippen LogP contribution >= 0.6 is 0 Å². The number of aromatic nitrogens is 2. The number of fused-ring (bicyclic) bond motifs is 1. The van der Waals surface area contributed by atoms with Crippen LogP contribution in [0.25, 0.3) is 11.0 Å². The topological polar surface area (TPSA) is 61.7 Å². The monoisotopic (exact) mass is 205 g/mol. The molecule has 0 aliphatic carbocycles. The van der Waals surface area contributed by atoms with Gasteiger partial charge in [0.2, 0.25) is 0 Å². The Hall–Kier alpha value is -2.09. The summed E-state index contributed by atoms with van der Waals surface area (Å²) in [6, 6.07) is 4.78. The number of rotatable bonds is 2. The number of imidazole rings is 1. The number of nitrogens with zero attached hydrogens (tertiary/aromatic N) is 2. The van der Waals surface area contributed by atoms with Crippen LogP contribution < -0.4 is 4.74 Å². The highest BCUT2D eigenvalue weighted by atomic mass is 19.1. The summed E-state index contributed by atoms with van der Waals surface area (Å²) in [5, 5.41) is 8.49. The molecule has 0 atom stereocenters. The molecule has 1 N–H and O–H groups in total. The fourth-order valence-corrected chi connectivity index (χ4v) is 1.38. The van der Waals surface area contributed by atoms with E-state index >= 15 is 0 Å². The van der Waals surface area contributed by atoms with Crippen LogP contribution in [0.4, 0.5) is 4.39 Å². The summed E-state index contributed by atoms with van der Waals surface area (Å²) >= 11 is 0. The van der Waals surface area contributed by atoms with Gasteiger partial charge in [-0.2, -0.15) is 5.26 Å². The van der Waals surface area contributed by atoms with Crippen LogP contribution in [0.15, 0.2) is 12.1 Å². The lowest BCUT2D eigenvalue weighted by Gasteiger charge is -1.99. The molecular formula is C10H8FN3O. The number of benzene rings is 1. The van der Waals surface area contributed by atoms with E-state index in [0.29, 0.717) is 16.9 Å². The molecule has 0 aliphatic rings. The zero-order valence-electron chi connectivity index (χ0n) is 8.04. The Labute approximate surface area is 85.3 Å². The third kappa shape index (κ3) is 1.62. The molecule has 0 fully saturated rings. The molecule has 0 radical (unpaired) electrons. The van der Waals surface area contributed by atoms with E-state index in [2.05, 4.69) is 9.97 Å². The van der Waals surface area contributed by atoms with Crippen LogP contribution in [0.2, 0.25) is 0 Å². The van der Waals surface area contributed by atoms with Crippen molar-refractivity contribution in [2.45, 2.75) is 6.42 Å². The zero-order valence-corrected chi connectivity index (χ0v) is 8.04. The van der Waals surface area contributed by atoms with Crippen LogP contribution in [0.1, 0.15) is 5.82 Å². The van der Waals surface area contributed by atoms with Gasteiger partial charge in [-0.15, -0.1) is 0 Å². The average Bonchev–Trinajstić information content (AvgIpc) is 2.58. The molecule has 0 amide bonds. The summed E-state index contributed by atoms with van der Waals surface area (Å²) < 4.78 is 18.1. The first kappa shape index (κ1) is 9.46. The van der Waals surface area contributed by atoms with Gasteiger partial charge in [-0.05, 0) is 0 Å². The van der Waals surface area contributed by atoms with Crippen LogP contribution in [0.3, 0.4) is 0 Å². The highest BCUT2D eigenvalue weighted by Gasteiger charge is 2.08. The van der Waals surface area contributed by atoms with Crippen LogP contribution in [-0.4, -0.2) is 17.1 Å². The summed E-state index contributed by atoms with van der Waals surface area (Å²) in [4.78, 5) is 6.99. The van der Waals surface area contributed by atoms with Gasteiger partial charge in [0.25, 0.3) is 0 Å².